The SMILES string of the molecule is CCCC1CN(CC(CC)CC)C(C)CCN1. The van der Waals surface area contributed by atoms with Gasteiger partial charge in [0, 0.05) is 25.2 Å². The van der Waals surface area contributed by atoms with Crippen LogP contribution in [0.25, 0.3) is 0 Å². The van der Waals surface area contributed by atoms with Crippen molar-refractivity contribution in [2.24, 2.45) is 5.92 Å². The number of nitrogens with zero attached hydrogens (tertiary/aromatic N) is 1. The average molecular weight is 240 g/mol. The molecule has 2 heteroatoms. The van der Waals surface area contributed by atoms with Crippen LogP contribution in [0.4, 0.5) is 0 Å². The largest absolute Gasteiger partial charge is 0.313 e. The Morgan fingerprint density at radius 1 is 1.24 bits per heavy atom. The summed E-state index contributed by atoms with van der Waals surface area (Å²) in [6.45, 7) is 13.1. The summed E-state index contributed by atoms with van der Waals surface area (Å²) in [4.78, 5) is 2.73. The molecule has 1 saturated heterocycles. The van der Waals surface area contributed by atoms with Crippen LogP contribution in [-0.4, -0.2) is 36.6 Å². The first-order chi connectivity index (χ1) is 8.21. The van der Waals surface area contributed by atoms with Gasteiger partial charge in [-0.15, -0.1) is 0 Å². The first-order valence-corrected chi connectivity index (χ1v) is 7.68. The molecule has 0 aliphatic carbocycles. The van der Waals surface area contributed by atoms with E-state index in [0.29, 0.717) is 0 Å². The Balaban J connectivity index is 2.52. The van der Waals surface area contributed by atoms with Crippen LogP contribution in [0.15, 0.2) is 0 Å². The van der Waals surface area contributed by atoms with Gasteiger partial charge in [-0.3, -0.25) is 4.90 Å². The van der Waals surface area contributed by atoms with Crippen LogP contribution in [0.2, 0.25) is 0 Å². The van der Waals surface area contributed by atoms with E-state index in [-0.39, 0.29) is 0 Å². The van der Waals surface area contributed by atoms with E-state index in [2.05, 4.69) is 37.9 Å². The van der Waals surface area contributed by atoms with Crippen LogP contribution in [-0.2, 0) is 0 Å². The van der Waals surface area contributed by atoms with Crippen molar-refractivity contribution >= 4 is 0 Å². The van der Waals surface area contributed by atoms with Crippen LogP contribution < -0.4 is 5.32 Å². The van der Waals surface area contributed by atoms with Crippen molar-refractivity contribution in [3.8, 4) is 0 Å². The van der Waals surface area contributed by atoms with E-state index in [1.54, 1.807) is 0 Å². The molecule has 1 N–H and O–H groups in total. The first-order valence-electron chi connectivity index (χ1n) is 7.68. The molecule has 0 saturated carbocycles. The summed E-state index contributed by atoms with van der Waals surface area (Å²) in [6.07, 6.45) is 6.58. The van der Waals surface area contributed by atoms with Crippen LogP contribution in [0, 0.1) is 5.92 Å². The maximum absolute atomic E-state index is 3.71. The Hall–Kier alpha value is -0.0800. The van der Waals surface area contributed by atoms with E-state index in [0.717, 1.165) is 18.0 Å². The molecule has 1 heterocycles. The standard InChI is InChI=1S/C15H32N2/c1-5-8-15-12-17(11-14(6-2)7-3)13(4)9-10-16-15/h13-16H,5-12H2,1-4H3. The number of hydrogen-bond donors (Lipinski definition) is 1. The molecule has 0 aromatic rings. The Kier molecular flexibility index (Phi) is 7.14. The predicted octanol–water partition coefficient (Wildman–Crippen LogP) is 3.28. The number of hydrogen-bond acceptors (Lipinski definition) is 2. The lowest BCUT2D eigenvalue weighted by Gasteiger charge is -2.32. The van der Waals surface area contributed by atoms with E-state index >= 15 is 0 Å². The highest BCUT2D eigenvalue weighted by atomic mass is 15.2. The van der Waals surface area contributed by atoms with Gasteiger partial charge in [-0.25, -0.2) is 0 Å². The fraction of sp³-hybridized carbons (Fsp3) is 1.00. The van der Waals surface area contributed by atoms with Gasteiger partial charge < -0.3 is 5.32 Å². The molecule has 0 aromatic heterocycles. The van der Waals surface area contributed by atoms with Gasteiger partial charge in [-0.2, -0.15) is 0 Å². The minimum absolute atomic E-state index is 0.722. The van der Waals surface area contributed by atoms with Crippen molar-refractivity contribution in [2.75, 3.05) is 19.6 Å². The molecular weight excluding hydrogens is 208 g/mol. The van der Waals surface area contributed by atoms with Gasteiger partial charge >= 0.3 is 0 Å². The van der Waals surface area contributed by atoms with Crippen molar-refractivity contribution in [2.45, 2.75) is 71.9 Å². The van der Waals surface area contributed by atoms with Gasteiger partial charge in [-0.05, 0) is 32.2 Å². The highest BCUT2D eigenvalue weighted by Crippen LogP contribution is 2.17. The second-order valence-electron chi connectivity index (χ2n) is 5.71. The predicted molar refractivity (Wildman–Crippen MR) is 76.4 cm³/mol. The molecule has 2 atom stereocenters. The molecule has 0 spiro atoms. The highest BCUT2D eigenvalue weighted by molar-refractivity contribution is 4.81. The minimum atomic E-state index is 0.722. The van der Waals surface area contributed by atoms with Gasteiger partial charge in [0.1, 0.15) is 0 Å². The zero-order valence-electron chi connectivity index (χ0n) is 12.3. The normalized spacial score (nSPS) is 27.4. The van der Waals surface area contributed by atoms with Gasteiger partial charge in [0.15, 0.2) is 0 Å². The summed E-state index contributed by atoms with van der Waals surface area (Å²) in [7, 11) is 0. The first kappa shape index (κ1) is 15.0. The van der Waals surface area contributed by atoms with Crippen LogP contribution in [0.3, 0.4) is 0 Å². The molecule has 1 fully saturated rings. The van der Waals surface area contributed by atoms with Crippen LogP contribution >= 0.6 is 0 Å². The molecule has 1 aliphatic heterocycles. The summed E-state index contributed by atoms with van der Waals surface area (Å²) in [6, 6.07) is 1.48. The number of rotatable bonds is 6. The molecular formula is C15H32N2. The van der Waals surface area contributed by atoms with Crippen molar-refractivity contribution < 1.29 is 0 Å². The van der Waals surface area contributed by atoms with E-state index in [1.807, 2.05) is 0 Å². The van der Waals surface area contributed by atoms with E-state index in [1.165, 1.54) is 51.7 Å². The van der Waals surface area contributed by atoms with Crippen LogP contribution in [0.1, 0.15) is 59.8 Å². The fourth-order valence-electron chi connectivity index (χ4n) is 2.88. The molecule has 102 valence electrons. The van der Waals surface area contributed by atoms with Crippen molar-refractivity contribution in [3.05, 3.63) is 0 Å². The highest BCUT2D eigenvalue weighted by Gasteiger charge is 2.23. The Bertz CT molecular complexity index is 189. The van der Waals surface area contributed by atoms with Gasteiger partial charge in [0.25, 0.3) is 0 Å². The zero-order chi connectivity index (χ0) is 12.7. The minimum Gasteiger partial charge on any atom is -0.313 e. The quantitative estimate of drug-likeness (QED) is 0.766. The average Bonchev–Trinajstić information content (AvgIpc) is 2.49. The van der Waals surface area contributed by atoms with Crippen molar-refractivity contribution in [1.29, 1.82) is 0 Å². The van der Waals surface area contributed by atoms with Crippen molar-refractivity contribution in [3.63, 3.8) is 0 Å². The third kappa shape index (κ3) is 4.97. The van der Waals surface area contributed by atoms with E-state index in [9.17, 15) is 0 Å². The topological polar surface area (TPSA) is 15.3 Å². The van der Waals surface area contributed by atoms with Gasteiger partial charge in [0.05, 0.1) is 0 Å². The summed E-state index contributed by atoms with van der Waals surface area (Å²) >= 11 is 0. The lowest BCUT2D eigenvalue weighted by molar-refractivity contribution is 0.167. The Morgan fingerprint density at radius 2 is 1.94 bits per heavy atom. The summed E-state index contributed by atoms with van der Waals surface area (Å²) in [5, 5.41) is 3.71. The molecule has 0 bridgehead atoms. The molecule has 2 nitrogen and oxygen atoms in total. The van der Waals surface area contributed by atoms with Gasteiger partial charge in [0.2, 0.25) is 0 Å². The molecule has 0 amide bonds. The molecule has 0 radical (unpaired) electrons. The number of nitrogens with one attached hydrogen (secondary N) is 1. The maximum Gasteiger partial charge on any atom is 0.0195 e. The smallest absolute Gasteiger partial charge is 0.0195 e. The fourth-order valence-corrected chi connectivity index (χ4v) is 2.88. The molecule has 1 rings (SSSR count). The van der Waals surface area contributed by atoms with Crippen LogP contribution in [0.5, 0.6) is 0 Å². The molecule has 0 aromatic carbocycles. The molecule has 2 unspecified atom stereocenters. The summed E-state index contributed by atoms with van der Waals surface area (Å²) in [5.74, 6) is 0.887. The molecule has 1 aliphatic rings. The van der Waals surface area contributed by atoms with E-state index < -0.39 is 0 Å². The Labute approximate surface area is 108 Å². The second-order valence-corrected chi connectivity index (χ2v) is 5.71. The molecule has 17 heavy (non-hydrogen) atoms. The third-order valence-electron chi connectivity index (χ3n) is 4.36. The monoisotopic (exact) mass is 240 g/mol. The van der Waals surface area contributed by atoms with E-state index in [4.69, 9.17) is 0 Å². The zero-order valence-corrected chi connectivity index (χ0v) is 12.3. The lowest BCUT2D eigenvalue weighted by Crippen LogP contribution is -2.42. The summed E-state index contributed by atoms with van der Waals surface area (Å²) in [5.41, 5.74) is 0. The second kappa shape index (κ2) is 8.10. The summed E-state index contributed by atoms with van der Waals surface area (Å²) < 4.78 is 0. The van der Waals surface area contributed by atoms with Crippen molar-refractivity contribution in [1.82, 2.24) is 10.2 Å². The lowest BCUT2D eigenvalue weighted by atomic mass is 10.0. The maximum atomic E-state index is 3.71. The van der Waals surface area contributed by atoms with Gasteiger partial charge in [-0.1, -0.05) is 40.0 Å². The Morgan fingerprint density at radius 3 is 2.53 bits per heavy atom. The third-order valence-corrected chi connectivity index (χ3v) is 4.36.